The van der Waals surface area contributed by atoms with Crippen molar-refractivity contribution in [2.45, 2.75) is 53.2 Å². The summed E-state index contributed by atoms with van der Waals surface area (Å²) < 4.78 is 8.25. The lowest BCUT2D eigenvalue weighted by Crippen LogP contribution is -2.08. The Morgan fingerprint density at radius 3 is 2.47 bits per heavy atom. The summed E-state index contributed by atoms with van der Waals surface area (Å²) in [5.41, 5.74) is 1.28. The molecule has 0 aliphatic carbocycles. The molecule has 19 heavy (non-hydrogen) atoms. The molecule has 0 unspecified atom stereocenters. The number of fused-ring (bicyclic) bond motifs is 1. The second-order valence-electron chi connectivity index (χ2n) is 5.51. The molecule has 0 aliphatic rings. The molecule has 1 aromatic carbocycles. The predicted molar refractivity (Wildman–Crippen MR) is 81.8 cm³/mol. The molecule has 1 heterocycles. The molecule has 0 amide bonds. The average molecular weight is 259 g/mol. The third-order valence-corrected chi connectivity index (χ3v) is 3.75. The van der Waals surface area contributed by atoms with Crippen LogP contribution in [0.25, 0.3) is 10.9 Å². The molecule has 104 valence electrons. The molecule has 2 rings (SSSR count). The fraction of sp³-hybridized carbons (Fsp3) is 0.529. The van der Waals surface area contributed by atoms with Gasteiger partial charge in [0.15, 0.2) is 0 Å². The molecule has 2 nitrogen and oxygen atoms in total. The van der Waals surface area contributed by atoms with Gasteiger partial charge in [0.25, 0.3) is 0 Å². The summed E-state index contributed by atoms with van der Waals surface area (Å²) in [6.07, 6.45) is 4.88. The number of hydrogen-bond donors (Lipinski definition) is 0. The highest BCUT2D eigenvalue weighted by Crippen LogP contribution is 2.28. The largest absolute Gasteiger partial charge is 0.490 e. The van der Waals surface area contributed by atoms with Crippen LogP contribution in [0.15, 0.2) is 30.5 Å². The Morgan fingerprint density at radius 2 is 1.84 bits per heavy atom. The van der Waals surface area contributed by atoms with E-state index < -0.39 is 0 Å². The number of ether oxygens (including phenoxy) is 1. The van der Waals surface area contributed by atoms with Gasteiger partial charge in [0, 0.05) is 18.1 Å². The van der Waals surface area contributed by atoms with E-state index >= 15 is 0 Å². The Labute approximate surface area is 116 Å². The summed E-state index contributed by atoms with van der Waals surface area (Å²) in [7, 11) is 0. The Balaban J connectivity index is 2.32. The van der Waals surface area contributed by atoms with Crippen molar-refractivity contribution in [2.75, 3.05) is 0 Å². The van der Waals surface area contributed by atoms with E-state index in [0.717, 1.165) is 18.2 Å². The van der Waals surface area contributed by atoms with Crippen LogP contribution in [0, 0.1) is 5.92 Å². The molecular weight excluding hydrogens is 234 g/mol. The minimum Gasteiger partial charge on any atom is -0.490 e. The molecule has 0 bridgehead atoms. The minimum atomic E-state index is 0.216. The van der Waals surface area contributed by atoms with Crippen molar-refractivity contribution in [1.82, 2.24) is 4.57 Å². The first-order valence-corrected chi connectivity index (χ1v) is 7.40. The summed E-state index contributed by atoms with van der Waals surface area (Å²) in [5, 5.41) is 1.22. The number of aromatic nitrogens is 1. The van der Waals surface area contributed by atoms with Crippen molar-refractivity contribution in [2.24, 2.45) is 5.92 Å². The van der Waals surface area contributed by atoms with Crippen LogP contribution in [0.5, 0.6) is 5.75 Å². The van der Waals surface area contributed by atoms with Gasteiger partial charge in [-0.05, 0) is 38.0 Å². The zero-order valence-electron chi connectivity index (χ0n) is 12.5. The number of rotatable bonds is 6. The maximum absolute atomic E-state index is 5.89. The minimum absolute atomic E-state index is 0.216. The van der Waals surface area contributed by atoms with Crippen molar-refractivity contribution in [3.8, 4) is 5.75 Å². The average Bonchev–Trinajstić information content (AvgIpc) is 2.79. The maximum Gasteiger partial charge on any atom is 0.129 e. The highest BCUT2D eigenvalue weighted by atomic mass is 16.5. The van der Waals surface area contributed by atoms with Crippen molar-refractivity contribution in [3.05, 3.63) is 30.5 Å². The Kier molecular flexibility index (Phi) is 4.52. The van der Waals surface area contributed by atoms with E-state index in [1.54, 1.807) is 0 Å². The molecule has 0 atom stereocenters. The predicted octanol–water partition coefficient (Wildman–Crippen LogP) is 4.86. The zero-order valence-corrected chi connectivity index (χ0v) is 12.5. The summed E-state index contributed by atoms with van der Waals surface area (Å²) >= 11 is 0. The van der Waals surface area contributed by atoms with E-state index in [2.05, 4.69) is 62.7 Å². The van der Waals surface area contributed by atoms with Gasteiger partial charge in [0.05, 0.1) is 11.6 Å². The molecule has 0 aliphatic heterocycles. The van der Waals surface area contributed by atoms with Gasteiger partial charge in [0.1, 0.15) is 5.75 Å². The number of hydrogen-bond acceptors (Lipinski definition) is 1. The van der Waals surface area contributed by atoms with Crippen LogP contribution in [0.3, 0.4) is 0 Å². The van der Waals surface area contributed by atoms with Crippen molar-refractivity contribution >= 4 is 10.9 Å². The first-order chi connectivity index (χ1) is 9.15. The molecule has 0 radical (unpaired) electrons. The highest BCUT2D eigenvalue weighted by Gasteiger charge is 2.10. The summed E-state index contributed by atoms with van der Waals surface area (Å²) in [6, 6.07) is 8.51. The third-order valence-electron chi connectivity index (χ3n) is 3.75. The smallest absolute Gasteiger partial charge is 0.129 e. The summed E-state index contributed by atoms with van der Waals surface area (Å²) in [6.45, 7) is 9.78. The first kappa shape index (κ1) is 14.0. The van der Waals surface area contributed by atoms with E-state index in [1.165, 1.54) is 23.7 Å². The molecule has 0 saturated carbocycles. The van der Waals surface area contributed by atoms with Crippen LogP contribution in [-0.4, -0.2) is 10.7 Å². The van der Waals surface area contributed by atoms with Gasteiger partial charge in [-0.1, -0.05) is 32.8 Å². The van der Waals surface area contributed by atoms with E-state index in [0.29, 0.717) is 0 Å². The highest BCUT2D eigenvalue weighted by molar-refractivity contribution is 5.86. The fourth-order valence-corrected chi connectivity index (χ4v) is 2.54. The lowest BCUT2D eigenvalue weighted by Gasteiger charge is -2.15. The Hall–Kier alpha value is -1.44. The van der Waals surface area contributed by atoms with Gasteiger partial charge >= 0.3 is 0 Å². The quantitative estimate of drug-likeness (QED) is 0.722. The maximum atomic E-state index is 5.89. The van der Waals surface area contributed by atoms with Gasteiger partial charge in [-0.25, -0.2) is 0 Å². The van der Waals surface area contributed by atoms with Crippen LogP contribution in [-0.2, 0) is 6.54 Å². The molecule has 2 aromatic rings. The van der Waals surface area contributed by atoms with E-state index in [-0.39, 0.29) is 6.10 Å². The SMILES string of the molecule is CCC(CC)Cn1ccc2c(OC(C)C)cccc21. The van der Waals surface area contributed by atoms with Gasteiger partial charge in [-0.3, -0.25) is 0 Å². The van der Waals surface area contributed by atoms with Crippen molar-refractivity contribution in [3.63, 3.8) is 0 Å². The second kappa shape index (κ2) is 6.14. The Morgan fingerprint density at radius 1 is 1.11 bits per heavy atom. The summed E-state index contributed by atoms with van der Waals surface area (Å²) in [5.74, 6) is 1.75. The second-order valence-corrected chi connectivity index (χ2v) is 5.51. The van der Waals surface area contributed by atoms with E-state index in [4.69, 9.17) is 4.74 Å². The van der Waals surface area contributed by atoms with Crippen LogP contribution in [0.4, 0.5) is 0 Å². The van der Waals surface area contributed by atoms with E-state index in [1.807, 2.05) is 0 Å². The van der Waals surface area contributed by atoms with Crippen LogP contribution >= 0.6 is 0 Å². The fourth-order valence-electron chi connectivity index (χ4n) is 2.54. The van der Waals surface area contributed by atoms with Gasteiger partial charge in [-0.2, -0.15) is 0 Å². The summed E-state index contributed by atoms with van der Waals surface area (Å²) in [4.78, 5) is 0. The topological polar surface area (TPSA) is 14.2 Å². The number of benzene rings is 1. The number of nitrogens with zero attached hydrogens (tertiary/aromatic N) is 1. The monoisotopic (exact) mass is 259 g/mol. The van der Waals surface area contributed by atoms with E-state index in [9.17, 15) is 0 Å². The third kappa shape index (κ3) is 3.12. The lowest BCUT2D eigenvalue weighted by atomic mass is 10.0. The molecular formula is C17H25NO. The van der Waals surface area contributed by atoms with Crippen LogP contribution < -0.4 is 4.74 Å². The molecule has 0 saturated heterocycles. The Bertz CT molecular complexity index is 523. The van der Waals surface area contributed by atoms with Gasteiger partial charge < -0.3 is 9.30 Å². The molecule has 0 spiro atoms. The van der Waals surface area contributed by atoms with Crippen molar-refractivity contribution < 1.29 is 4.74 Å². The first-order valence-electron chi connectivity index (χ1n) is 7.40. The van der Waals surface area contributed by atoms with Gasteiger partial charge in [-0.15, -0.1) is 0 Å². The standard InChI is InChI=1S/C17H25NO/c1-5-14(6-2)12-18-11-10-15-16(18)8-7-9-17(15)19-13(3)4/h7-11,13-14H,5-6,12H2,1-4H3. The normalized spacial score (nSPS) is 11.7. The molecule has 0 N–H and O–H groups in total. The van der Waals surface area contributed by atoms with Gasteiger partial charge in [0.2, 0.25) is 0 Å². The van der Waals surface area contributed by atoms with Crippen LogP contribution in [0.1, 0.15) is 40.5 Å². The molecule has 1 aromatic heterocycles. The molecule has 2 heteroatoms. The van der Waals surface area contributed by atoms with Crippen LogP contribution in [0.2, 0.25) is 0 Å². The van der Waals surface area contributed by atoms with Crippen molar-refractivity contribution in [1.29, 1.82) is 0 Å². The molecule has 0 fully saturated rings. The zero-order chi connectivity index (χ0) is 13.8. The lowest BCUT2D eigenvalue weighted by molar-refractivity contribution is 0.245.